The Bertz CT molecular complexity index is 902. The van der Waals surface area contributed by atoms with Crippen molar-refractivity contribution in [3.63, 3.8) is 0 Å². The number of benzene rings is 2. The second kappa shape index (κ2) is 8.45. The molecule has 0 radical (unpaired) electrons. The predicted octanol–water partition coefficient (Wildman–Crippen LogP) is 3.59. The van der Waals surface area contributed by atoms with Gasteiger partial charge in [-0.25, -0.2) is 4.79 Å². The molecule has 3 aliphatic heterocycles. The maximum Gasteiger partial charge on any atom is 0.753 e. The van der Waals surface area contributed by atoms with E-state index in [-0.39, 0.29) is 6.10 Å². The molecule has 158 valence electrons. The number of aryl methyl sites for hydroxylation is 2. The maximum atomic E-state index is 12.0. The maximum absolute atomic E-state index is 12.0. The highest BCUT2D eigenvalue weighted by Gasteiger charge is 2.57. The summed E-state index contributed by atoms with van der Waals surface area (Å²) in [5, 5.41) is 0. The SMILES string of the molecule is C=CC(=O)O[Si]12OCC[N+](c3ccc(C)cc3)(CCO1)CC(c1ccc(C)cc1)O2. The fourth-order valence-electron chi connectivity index (χ4n) is 4.05. The molecule has 3 saturated heterocycles. The topological polar surface area (TPSA) is 54.0 Å². The highest BCUT2D eigenvalue weighted by molar-refractivity contribution is 6.55. The lowest BCUT2D eigenvalue weighted by molar-refractivity contribution is -0.146. The molecule has 1 atom stereocenters. The van der Waals surface area contributed by atoms with E-state index < -0.39 is 15.0 Å². The van der Waals surface area contributed by atoms with Crippen LogP contribution in [0.2, 0.25) is 0 Å². The number of quaternary nitrogens is 1. The van der Waals surface area contributed by atoms with Crippen LogP contribution in [0.4, 0.5) is 5.69 Å². The van der Waals surface area contributed by atoms with Gasteiger partial charge in [0.2, 0.25) is 0 Å². The van der Waals surface area contributed by atoms with Crippen molar-refractivity contribution in [1.29, 1.82) is 0 Å². The van der Waals surface area contributed by atoms with Crippen molar-refractivity contribution in [1.82, 2.24) is 4.48 Å². The Labute approximate surface area is 178 Å². The lowest BCUT2D eigenvalue weighted by Crippen LogP contribution is -2.65. The highest BCUT2D eigenvalue weighted by Crippen LogP contribution is 2.36. The fourth-order valence-corrected chi connectivity index (χ4v) is 6.01. The molecule has 2 aromatic rings. The van der Waals surface area contributed by atoms with Crippen LogP contribution in [-0.2, 0) is 22.5 Å². The molecule has 0 amide bonds. The molecule has 3 heterocycles. The zero-order chi connectivity index (χ0) is 21.2. The lowest BCUT2D eigenvalue weighted by Gasteiger charge is -2.46. The fraction of sp³-hybridized carbons (Fsp3) is 0.348. The van der Waals surface area contributed by atoms with Crippen LogP contribution in [0, 0.1) is 13.8 Å². The minimum absolute atomic E-state index is 0.336. The summed E-state index contributed by atoms with van der Waals surface area (Å²) >= 11 is 0. The van der Waals surface area contributed by atoms with Crippen LogP contribution < -0.4 is 4.48 Å². The largest absolute Gasteiger partial charge is 0.753 e. The van der Waals surface area contributed by atoms with E-state index in [2.05, 4.69) is 69.0 Å². The second-order valence-electron chi connectivity index (χ2n) is 7.95. The van der Waals surface area contributed by atoms with Gasteiger partial charge in [0.1, 0.15) is 31.4 Å². The molecule has 5 rings (SSSR count). The summed E-state index contributed by atoms with van der Waals surface area (Å²) in [5.41, 5.74) is 4.60. The molecule has 0 aromatic heterocycles. The van der Waals surface area contributed by atoms with Crippen molar-refractivity contribution in [2.24, 2.45) is 0 Å². The summed E-state index contributed by atoms with van der Waals surface area (Å²) in [6, 6.07) is 16.8. The number of rotatable bonds is 4. The molecule has 30 heavy (non-hydrogen) atoms. The van der Waals surface area contributed by atoms with Crippen LogP contribution >= 0.6 is 0 Å². The molecule has 3 fully saturated rings. The molecule has 0 saturated carbocycles. The van der Waals surface area contributed by atoms with Crippen molar-refractivity contribution in [3.8, 4) is 0 Å². The summed E-state index contributed by atoms with van der Waals surface area (Å²) in [5.74, 6) is -0.593. The van der Waals surface area contributed by atoms with E-state index in [0.717, 1.165) is 24.7 Å². The van der Waals surface area contributed by atoms with Crippen molar-refractivity contribution in [2.45, 2.75) is 20.0 Å². The van der Waals surface area contributed by atoms with Crippen LogP contribution in [0.15, 0.2) is 61.2 Å². The number of carbonyl (C=O) groups is 1. The zero-order valence-corrected chi connectivity index (χ0v) is 18.5. The average Bonchev–Trinajstić information content (AvgIpc) is 2.70. The van der Waals surface area contributed by atoms with Gasteiger partial charge in [0, 0.05) is 6.08 Å². The molecular formula is C23H28NO5Si+. The quantitative estimate of drug-likeness (QED) is 0.425. The van der Waals surface area contributed by atoms with Crippen LogP contribution in [0.1, 0.15) is 22.8 Å². The third-order valence-corrected chi connectivity index (χ3v) is 7.96. The average molecular weight is 427 g/mol. The van der Waals surface area contributed by atoms with E-state index in [9.17, 15) is 4.79 Å². The molecule has 3 aliphatic rings. The molecule has 1 unspecified atom stereocenters. The summed E-state index contributed by atoms with van der Waals surface area (Å²) < 4.78 is 24.7. The van der Waals surface area contributed by atoms with Gasteiger partial charge >= 0.3 is 15.0 Å². The van der Waals surface area contributed by atoms with E-state index in [0.29, 0.717) is 24.2 Å². The van der Waals surface area contributed by atoms with Crippen LogP contribution in [0.5, 0.6) is 0 Å². The molecule has 0 aliphatic carbocycles. The first kappa shape index (κ1) is 21.0. The van der Waals surface area contributed by atoms with Crippen molar-refractivity contribution in [3.05, 3.63) is 77.9 Å². The summed E-state index contributed by atoms with van der Waals surface area (Å²) in [6.07, 6.45) is 0.778. The molecule has 2 aromatic carbocycles. The normalized spacial score (nSPS) is 28.8. The third kappa shape index (κ3) is 4.26. The molecule has 0 N–H and O–H groups in total. The number of hydrogen-bond donors (Lipinski definition) is 0. The van der Waals surface area contributed by atoms with Gasteiger partial charge in [0.15, 0.2) is 0 Å². The van der Waals surface area contributed by atoms with Crippen LogP contribution in [-0.4, -0.2) is 47.9 Å². The van der Waals surface area contributed by atoms with Crippen LogP contribution in [0.3, 0.4) is 0 Å². The Kier molecular flexibility index (Phi) is 5.90. The van der Waals surface area contributed by atoms with E-state index in [1.54, 1.807) is 0 Å². The number of fused-ring (bicyclic) bond motifs is 6. The van der Waals surface area contributed by atoms with Gasteiger partial charge in [-0.3, -0.25) is 4.48 Å². The van der Waals surface area contributed by atoms with E-state index >= 15 is 0 Å². The van der Waals surface area contributed by atoms with E-state index in [4.69, 9.17) is 17.7 Å². The van der Waals surface area contributed by atoms with Crippen LogP contribution in [0.25, 0.3) is 0 Å². The Morgan fingerprint density at radius 3 is 2.17 bits per heavy atom. The number of carbonyl (C=O) groups excluding carboxylic acids is 1. The summed E-state index contributed by atoms with van der Waals surface area (Å²) in [6.45, 7) is 10.6. The lowest BCUT2D eigenvalue weighted by atomic mass is 10.0. The third-order valence-electron chi connectivity index (χ3n) is 5.82. The molecule has 0 spiro atoms. The van der Waals surface area contributed by atoms with Gasteiger partial charge in [-0.2, -0.15) is 0 Å². The Balaban J connectivity index is 1.75. The first-order chi connectivity index (χ1) is 14.4. The first-order valence-corrected chi connectivity index (χ1v) is 11.9. The Hall–Kier alpha value is -2.29. The van der Waals surface area contributed by atoms with E-state index in [1.165, 1.54) is 16.8 Å². The second-order valence-corrected chi connectivity index (χ2v) is 9.97. The molecule has 7 heteroatoms. The van der Waals surface area contributed by atoms with Gasteiger partial charge in [0.05, 0.1) is 13.2 Å². The summed E-state index contributed by atoms with van der Waals surface area (Å²) in [4.78, 5) is 12.0. The first-order valence-electron chi connectivity index (χ1n) is 10.2. The minimum Gasteiger partial charge on any atom is -0.449 e. The van der Waals surface area contributed by atoms with Gasteiger partial charge in [-0.1, -0.05) is 54.1 Å². The van der Waals surface area contributed by atoms with Crippen molar-refractivity contribution < 1.29 is 22.5 Å². The Morgan fingerprint density at radius 1 is 1.03 bits per heavy atom. The smallest absolute Gasteiger partial charge is 0.449 e. The number of nitrogens with zero attached hydrogens (tertiary/aromatic N) is 1. The van der Waals surface area contributed by atoms with Gasteiger partial charge < -0.3 is 17.7 Å². The van der Waals surface area contributed by atoms with Crippen molar-refractivity contribution >= 4 is 20.7 Å². The molecule has 2 bridgehead atoms. The predicted molar refractivity (Wildman–Crippen MR) is 117 cm³/mol. The number of hydrogen-bond acceptors (Lipinski definition) is 5. The van der Waals surface area contributed by atoms with Crippen molar-refractivity contribution in [2.75, 3.05) is 32.8 Å². The zero-order valence-electron chi connectivity index (χ0n) is 17.5. The summed E-state index contributed by atoms with van der Waals surface area (Å²) in [7, 11) is -3.64. The monoisotopic (exact) mass is 426 g/mol. The minimum atomic E-state index is -3.64. The molecular weight excluding hydrogens is 398 g/mol. The van der Waals surface area contributed by atoms with E-state index in [1.807, 2.05) is 0 Å². The standard InChI is InChI=1S/C23H28NO5Si/c1-4-23(25)29-30-26-15-13-24(14-16-27-30,21-11-7-19(3)8-12-21)17-22(28-30)20-9-5-18(2)6-10-20/h4-12,22H,1,13-17H2,2-3H3/q+1. The molecule has 6 nitrogen and oxygen atoms in total. The highest BCUT2D eigenvalue weighted by atomic mass is 28.4. The van der Waals surface area contributed by atoms with Gasteiger partial charge in [-0.15, -0.1) is 0 Å². The van der Waals surface area contributed by atoms with Gasteiger partial charge in [0.25, 0.3) is 0 Å². The Morgan fingerprint density at radius 2 is 1.60 bits per heavy atom. The van der Waals surface area contributed by atoms with Gasteiger partial charge in [-0.05, 0) is 31.5 Å².